The van der Waals surface area contributed by atoms with Gasteiger partial charge in [-0.25, -0.2) is 0 Å². The SMILES string of the molecule is CN=C(NCCCOCC1CCOCC1)NCC(C)CN1CCOCC1. The van der Waals surface area contributed by atoms with Crippen LogP contribution in [-0.2, 0) is 14.2 Å². The summed E-state index contributed by atoms with van der Waals surface area (Å²) in [5, 5.41) is 6.80. The first-order valence-electron chi connectivity index (χ1n) is 10.2. The molecule has 0 aromatic heterocycles. The third-order valence-electron chi connectivity index (χ3n) is 4.97. The second-order valence-electron chi connectivity index (χ2n) is 7.38. The molecule has 152 valence electrons. The lowest BCUT2D eigenvalue weighted by molar-refractivity contribution is 0.0203. The second-order valence-corrected chi connectivity index (χ2v) is 7.38. The lowest BCUT2D eigenvalue weighted by Crippen LogP contribution is -2.44. The first-order chi connectivity index (χ1) is 12.8. The third kappa shape index (κ3) is 9.16. The summed E-state index contributed by atoms with van der Waals surface area (Å²) in [7, 11) is 1.82. The van der Waals surface area contributed by atoms with Crippen LogP contribution >= 0.6 is 0 Å². The van der Waals surface area contributed by atoms with Gasteiger partial charge in [0, 0.05) is 66.2 Å². The van der Waals surface area contributed by atoms with Crippen LogP contribution in [0.25, 0.3) is 0 Å². The van der Waals surface area contributed by atoms with Crippen molar-refractivity contribution in [3.05, 3.63) is 0 Å². The molecule has 7 nitrogen and oxygen atoms in total. The molecule has 2 N–H and O–H groups in total. The highest BCUT2D eigenvalue weighted by atomic mass is 16.5. The zero-order chi connectivity index (χ0) is 18.5. The van der Waals surface area contributed by atoms with Crippen molar-refractivity contribution in [1.82, 2.24) is 15.5 Å². The number of aliphatic imine (C=N–C) groups is 1. The van der Waals surface area contributed by atoms with Crippen LogP contribution in [0.1, 0.15) is 26.2 Å². The average Bonchev–Trinajstić information content (AvgIpc) is 2.68. The first kappa shape index (κ1) is 21.4. The minimum atomic E-state index is 0.578. The molecule has 2 fully saturated rings. The van der Waals surface area contributed by atoms with Crippen molar-refractivity contribution in [2.45, 2.75) is 26.2 Å². The van der Waals surface area contributed by atoms with Gasteiger partial charge >= 0.3 is 0 Å². The van der Waals surface area contributed by atoms with Gasteiger partial charge in [-0.05, 0) is 31.1 Å². The van der Waals surface area contributed by atoms with Gasteiger partial charge in [0.05, 0.1) is 13.2 Å². The fraction of sp³-hybridized carbons (Fsp3) is 0.947. The van der Waals surface area contributed by atoms with Crippen molar-refractivity contribution in [3.63, 3.8) is 0 Å². The zero-order valence-corrected chi connectivity index (χ0v) is 16.7. The van der Waals surface area contributed by atoms with E-state index in [9.17, 15) is 0 Å². The van der Waals surface area contributed by atoms with Crippen LogP contribution in [0.15, 0.2) is 4.99 Å². The summed E-state index contributed by atoms with van der Waals surface area (Å²) in [6.45, 7) is 12.5. The topological polar surface area (TPSA) is 67.4 Å². The van der Waals surface area contributed by atoms with Crippen LogP contribution in [0.2, 0.25) is 0 Å². The molecule has 0 saturated carbocycles. The number of guanidine groups is 1. The molecule has 1 unspecified atom stereocenters. The highest BCUT2D eigenvalue weighted by molar-refractivity contribution is 5.79. The molecule has 2 aliphatic heterocycles. The van der Waals surface area contributed by atoms with E-state index in [1.54, 1.807) is 0 Å². The molecule has 2 heterocycles. The smallest absolute Gasteiger partial charge is 0.190 e. The molecule has 1 atom stereocenters. The van der Waals surface area contributed by atoms with Gasteiger partial charge in [0.2, 0.25) is 0 Å². The number of morpholine rings is 1. The van der Waals surface area contributed by atoms with E-state index in [1.165, 1.54) is 0 Å². The Morgan fingerprint density at radius 2 is 1.88 bits per heavy atom. The predicted octanol–water partition coefficient (Wildman–Crippen LogP) is 0.953. The molecular formula is C19H38N4O3. The molecule has 0 radical (unpaired) electrons. The van der Waals surface area contributed by atoms with Crippen molar-refractivity contribution in [3.8, 4) is 0 Å². The minimum absolute atomic E-state index is 0.578. The van der Waals surface area contributed by atoms with Gasteiger partial charge < -0.3 is 24.8 Å². The van der Waals surface area contributed by atoms with Crippen LogP contribution in [0, 0.1) is 11.8 Å². The molecule has 0 amide bonds. The highest BCUT2D eigenvalue weighted by Gasteiger charge is 2.14. The number of ether oxygens (including phenoxy) is 3. The number of hydrogen-bond acceptors (Lipinski definition) is 5. The first-order valence-corrected chi connectivity index (χ1v) is 10.2. The molecule has 2 saturated heterocycles. The second kappa shape index (κ2) is 13.3. The fourth-order valence-electron chi connectivity index (χ4n) is 3.32. The summed E-state index contributed by atoms with van der Waals surface area (Å²) in [6.07, 6.45) is 3.27. The summed E-state index contributed by atoms with van der Waals surface area (Å²) in [4.78, 5) is 6.78. The summed E-state index contributed by atoms with van der Waals surface area (Å²) < 4.78 is 16.6. The monoisotopic (exact) mass is 370 g/mol. The zero-order valence-electron chi connectivity index (χ0n) is 16.7. The Morgan fingerprint density at radius 3 is 2.62 bits per heavy atom. The van der Waals surface area contributed by atoms with Crippen molar-refractivity contribution in [2.75, 3.05) is 79.4 Å². The Bertz CT molecular complexity index is 383. The van der Waals surface area contributed by atoms with E-state index in [0.717, 1.165) is 97.6 Å². The quantitative estimate of drug-likeness (QED) is 0.339. The van der Waals surface area contributed by atoms with Crippen LogP contribution in [-0.4, -0.2) is 90.3 Å². The Kier molecular flexibility index (Phi) is 11.0. The van der Waals surface area contributed by atoms with Crippen molar-refractivity contribution < 1.29 is 14.2 Å². The van der Waals surface area contributed by atoms with Crippen molar-refractivity contribution in [2.24, 2.45) is 16.8 Å². The molecule has 7 heteroatoms. The van der Waals surface area contributed by atoms with Crippen LogP contribution in [0.3, 0.4) is 0 Å². The maximum atomic E-state index is 5.80. The van der Waals surface area contributed by atoms with E-state index >= 15 is 0 Å². The van der Waals surface area contributed by atoms with Gasteiger partial charge in [-0.3, -0.25) is 9.89 Å². The largest absolute Gasteiger partial charge is 0.381 e. The van der Waals surface area contributed by atoms with Gasteiger partial charge in [0.25, 0.3) is 0 Å². The fourth-order valence-corrected chi connectivity index (χ4v) is 3.32. The number of nitrogens with zero attached hydrogens (tertiary/aromatic N) is 2. The normalized spacial score (nSPS) is 21.5. The molecule has 0 spiro atoms. The molecule has 0 aromatic carbocycles. The van der Waals surface area contributed by atoms with Gasteiger partial charge in [-0.15, -0.1) is 0 Å². The molecule has 26 heavy (non-hydrogen) atoms. The minimum Gasteiger partial charge on any atom is -0.381 e. The Labute approximate surface area is 158 Å². The van der Waals surface area contributed by atoms with Gasteiger partial charge in [-0.2, -0.15) is 0 Å². The van der Waals surface area contributed by atoms with Crippen LogP contribution in [0.4, 0.5) is 0 Å². The van der Waals surface area contributed by atoms with E-state index < -0.39 is 0 Å². The number of nitrogens with one attached hydrogen (secondary N) is 2. The third-order valence-corrected chi connectivity index (χ3v) is 4.97. The summed E-state index contributed by atoms with van der Waals surface area (Å²) in [6, 6.07) is 0. The predicted molar refractivity (Wildman–Crippen MR) is 105 cm³/mol. The van der Waals surface area contributed by atoms with E-state index in [1.807, 2.05) is 7.05 Å². The maximum absolute atomic E-state index is 5.80. The lowest BCUT2D eigenvalue weighted by atomic mass is 10.0. The van der Waals surface area contributed by atoms with Crippen LogP contribution in [0.5, 0.6) is 0 Å². The van der Waals surface area contributed by atoms with Crippen molar-refractivity contribution >= 4 is 5.96 Å². The van der Waals surface area contributed by atoms with Crippen molar-refractivity contribution in [1.29, 1.82) is 0 Å². The molecular weight excluding hydrogens is 332 g/mol. The summed E-state index contributed by atoms with van der Waals surface area (Å²) in [5.74, 6) is 2.14. The van der Waals surface area contributed by atoms with Gasteiger partial charge in [0.1, 0.15) is 0 Å². The summed E-state index contributed by atoms with van der Waals surface area (Å²) in [5.41, 5.74) is 0. The number of hydrogen-bond donors (Lipinski definition) is 2. The molecule has 2 aliphatic rings. The van der Waals surface area contributed by atoms with Gasteiger partial charge in [0.15, 0.2) is 5.96 Å². The lowest BCUT2D eigenvalue weighted by Gasteiger charge is -2.29. The standard InChI is InChI=1S/C19H38N4O3/c1-17(15-23-7-12-25-13-8-23)14-22-19(20-2)21-6-3-9-26-16-18-4-10-24-11-5-18/h17-18H,3-16H2,1-2H3,(H2,20,21,22). The molecule has 0 aliphatic carbocycles. The van der Waals surface area contributed by atoms with E-state index in [-0.39, 0.29) is 0 Å². The highest BCUT2D eigenvalue weighted by Crippen LogP contribution is 2.14. The van der Waals surface area contributed by atoms with Gasteiger partial charge in [-0.1, -0.05) is 6.92 Å². The Morgan fingerprint density at radius 1 is 1.15 bits per heavy atom. The number of rotatable bonds is 10. The van der Waals surface area contributed by atoms with E-state index in [0.29, 0.717) is 11.8 Å². The Hall–Kier alpha value is -0.890. The van der Waals surface area contributed by atoms with Crippen LogP contribution < -0.4 is 10.6 Å². The molecule has 0 aromatic rings. The molecule has 2 rings (SSSR count). The average molecular weight is 371 g/mol. The van der Waals surface area contributed by atoms with E-state index in [2.05, 4.69) is 27.4 Å². The summed E-state index contributed by atoms with van der Waals surface area (Å²) >= 11 is 0. The molecule has 0 bridgehead atoms. The maximum Gasteiger partial charge on any atom is 0.190 e. The van der Waals surface area contributed by atoms with E-state index in [4.69, 9.17) is 14.2 Å². The Balaban J connectivity index is 1.46.